The summed E-state index contributed by atoms with van der Waals surface area (Å²) in [5, 5.41) is 5.17. The maximum atomic E-state index is 13.4. The van der Waals surface area contributed by atoms with E-state index in [0.717, 1.165) is 11.6 Å². The van der Waals surface area contributed by atoms with Crippen LogP contribution in [0, 0.1) is 5.82 Å². The molecule has 1 aliphatic rings. The minimum Gasteiger partial charge on any atom is -0.495 e. The van der Waals surface area contributed by atoms with E-state index in [9.17, 15) is 14.0 Å². The number of methoxy groups -OCH3 is 1. The molecule has 1 saturated heterocycles. The van der Waals surface area contributed by atoms with E-state index < -0.39 is 17.9 Å². The number of halogens is 1. The Labute approximate surface area is 150 Å². The number of rotatable bonds is 5. The highest BCUT2D eigenvalue weighted by Gasteiger charge is 2.32. The Morgan fingerprint density at radius 2 is 2.04 bits per heavy atom. The summed E-state index contributed by atoms with van der Waals surface area (Å²) in [5.74, 6) is -0.285. The molecule has 1 heterocycles. The van der Waals surface area contributed by atoms with Gasteiger partial charge in [0, 0.05) is 19.2 Å². The van der Waals surface area contributed by atoms with Crippen LogP contribution in [-0.2, 0) is 11.3 Å². The largest absolute Gasteiger partial charge is 0.495 e. The smallest absolute Gasteiger partial charge is 0.319 e. The van der Waals surface area contributed by atoms with Gasteiger partial charge in [0.25, 0.3) is 0 Å². The third-order valence-electron chi connectivity index (χ3n) is 4.23. The molecule has 7 heteroatoms. The Kier molecular flexibility index (Phi) is 5.36. The zero-order valence-corrected chi connectivity index (χ0v) is 14.4. The van der Waals surface area contributed by atoms with Crippen molar-refractivity contribution < 1.29 is 18.7 Å². The number of hydrogen-bond donors (Lipinski definition) is 2. The summed E-state index contributed by atoms with van der Waals surface area (Å²) in [4.78, 5) is 26.4. The standard InChI is InChI=1S/C19H20FN3O3/c1-26-17-8-7-14(20)11-16(17)22-19(25)21-15-9-10-23(18(15)24)12-13-5-3-2-4-6-13/h2-8,11,15H,9-10,12H2,1H3,(H2,21,22,25). The van der Waals surface area contributed by atoms with Gasteiger partial charge in [-0.15, -0.1) is 0 Å². The molecule has 3 rings (SSSR count). The summed E-state index contributed by atoms with van der Waals surface area (Å²) in [5.41, 5.74) is 1.24. The van der Waals surface area contributed by atoms with E-state index in [-0.39, 0.29) is 11.6 Å². The molecule has 0 bridgehead atoms. The number of nitrogens with one attached hydrogen (secondary N) is 2. The Balaban J connectivity index is 1.58. The third-order valence-corrected chi connectivity index (χ3v) is 4.23. The van der Waals surface area contributed by atoms with Crippen LogP contribution in [0.3, 0.4) is 0 Å². The molecule has 3 amide bonds. The fourth-order valence-corrected chi connectivity index (χ4v) is 2.93. The molecule has 0 aliphatic carbocycles. The quantitative estimate of drug-likeness (QED) is 0.864. The number of likely N-dealkylation sites (tertiary alicyclic amines) is 1. The molecule has 26 heavy (non-hydrogen) atoms. The van der Waals surface area contributed by atoms with Crippen LogP contribution in [0.25, 0.3) is 0 Å². The number of nitrogens with zero attached hydrogens (tertiary/aromatic N) is 1. The minimum absolute atomic E-state index is 0.129. The number of carbonyl (C=O) groups excluding carboxylic acids is 2. The van der Waals surface area contributed by atoms with Crippen molar-refractivity contribution in [1.29, 1.82) is 0 Å². The first-order valence-corrected chi connectivity index (χ1v) is 8.30. The van der Waals surface area contributed by atoms with Gasteiger partial charge in [-0.25, -0.2) is 9.18 Å². The SMILES string of the molecule is COc1ccc(F)cc1NC(=O)NC1CCN(Cc2ccccc2)C1=O. The van der Waals surface area contributed by atoms with E-state index in [0.29, 0.717) is 25.3 Å². The van der Waals surface area contributed by atoms with E-state index in [2.05, 4.69) is 10.6 Å². The normalized spacial score (nSPS) is 16.5. The molecule has 1 aliphatic heterocycles. The molecule has 2 aromatic carbocycles. The molecule has 0 saturated carbocycles. The van der Waals surface area contributed by atoms with Gasteiger partial charge >= 0.3 is 6.03 Å². The van der Waals surface area contributed by atoms with E-state index in [1.54, 1.807) is 4.90 Å². The number of carbonyl (C=O) groups is 2. The fourth-order valence-electron chi connectivity index (χ4n) is 2.93. The van der Waals surface area contributed by atoms with Crippen molar-refractivity contribution in [3.63, 3.8) is 0 Å². The minimum atomic E-state index is -0.599. The van der Waals surface area contributed by atoms with Crippen LogP contribution in [-0.4, -0.2) is 36.5 Å². The molecule has 0 radical (unpaired) electrons. The van der Waals surface area contributed by atoms with Crippen molar-refractivity contribution in [3.8, 4) is 5.75 Å². The molecular formula is C19H20FN3O3. The molecule has 0 spiro atoms. The fraction of sp³-hybridized carbons (Fsp3) is 0.263. The highest BCUT2D eigenvalue weighted by atomic mass is 19.1. The number of hydrogen-bond acceptors (Lipinski definition) is 3. The van der Waals surface area contributed by atoms with Gasteiger partial charge in [0.05, 0.1) is 12.8 Å². The first-order valence-electron chi connectivity index (χ1n) is 8.30. The van der Waals surface area contributed by atoms with Crippen LogP contribution >= 0.6 is 0 Å². The molecule has 136 valence electrons. The summed E-state index contributed by atoms with van der Waals surface area (Å²) >= 11 is 0. The van der Waals surface area contributed by atoms with Crippen molar-refractivity contribution in [2.75, 3.05) is 19.0 Å². The zero-order chi connectivity index (χ0) is 18.5. The molecule has 2 aromatic rings. The molecular weight excluding hydrogens is 337 g/mol. The van der Waals surface area contributed by atoms with Crippen molar-refractivity contribution >= 4 is 17.6 Å². The van der Waals surface area contributed by atoms with Gasteiger partial charge in [0.1, 0.15) is 17.6 Å². The van der Waals surface area contributed by atoms with E-state index in [1.807, 2.05) is 30.3 Å². The van der Waals surface area contributed by atoms with Crippen LogP contribution in [0.2, 0.25) is 0 Å². The van der Waals surface area contributed by atoms with Crippen molar-refractivity contribution in [2.45, 2.75) is 19.0 Å². The summed E-state index contributed by atoms with van der Waals surface area (Å²) in [6.45, 7) is 1.08. The van der Waals surface area contributed by atoms with Crippen LogP contribution < -0.4 is 15.4 Å². The van der Waals surface area contributed by atoms with Crippen LogP contribution in [0.1, 0.15) is 12.0 Å². The predicted molar refractivity (Wildman–Crippen MR) is 95.4 cm³/mol. The third kappa shape index (κ3) is 4.11. The first-order chi connectivity index (χ1) is 12.6. The van der Waals surface area contributed by atoms with E-state index >= 15 is 0 Å². The van der Waals surface area contributed by atoms with Crippen LogP contribution in [0.5, 0.6) is 5.75 Å². The second-order valence-corrected chi connectivity index (χ2v) is 6.03. The Morgan fingerprint density at radius 3 is 2.77 bits per heavy atom. The molecule has 1 unspecified atom stereocenters. The maximum Gasteiger partial charge on any atom is 0.319 e. The van der Waals surface area contributed by atoms with Crippen molar-refractivity contribution in [3.05, 3.63) is 59.9 Å². The topological polar surface area (TPSA) is 70.7 Å². The average molecular weight is 357 g/mol. The molecule has 2 N–H and O–H groups in total. The van der Waals surface area contributed by atoms with Crippen LogP contribution in [0.15, 0.2) is 48.5 Å². The summed E-state index contributed by atoms with van der Waals surface area (Å²) < 4.78 is 18.5. The van der Waals surface area contributed by atoms with Gasteiger partial charge in [0.2, 0.25) is 5.91 Å². The molecule has 1 fully saturated rings. The summed E-state index contributed by atoms with van der Waals surface area (Å²) in [6, 6.07) is 12.3. The monoisotopic (exact) mass is 357 g/mol. The van der Waals surface area contributed by atoms with E-state index in [4.69, 9.17) is 4.74 Å². The van der Waals surface area contributed by atoms with Gasteiger partial charge in [0.15, 0.2) is 0 Å². The van der Waals surface area contributed by atoms with Gasteiger partial charge in [-0.2, -0.15) is 0 Å². The van der Waals surface area contributed by atoms with Crippen LogP contribution in [0.4, 0.5) is 14.9 Å². The number of anilines is 1. The molecule has 1 atom stereocenters. The highest BCUT2D eigenvalue weighted by Crippen LogP contribution is 2.25. The summed E-state index contributed by atoms with van der Waals surface area (Å²) in [6.07, 6.45) is 0.527. The average Bonchev–Trinajstić information content (AvgIpc) is 2.96. The second-order valence-electron chi connectivity index (χ2n) is 6.03. The van der Waals surface area contributed by atoms with Gasteiger partial charge in [-0.3, -0.25) is 4.79 Å². The predicted octanol–water partition coefficient (Wildman–Crippen LogP) is 2.76. The Bertz CT molecular complexity index is 798. The number of amides is 3. The second kappa shape index (κ2) is 7.86. The lowest BCUT2D eigenvalue weighted by Crippen LogP contribution is -2.43. The lowest BCUT2D eigenvalue weighted by atomic mass is 10.2. The lowest BCUT2D eigenvalue weighted by Gasteiger charge is -2.17. The molecule has 0 aromatic heterocycles. The van der Waals surface area contributed by atoms with Gasteiger partial charge < -0.3 is 20.3 Å². The van der Waals surface area contributed by atoms with Crippen molar-refractivity contribution in [1.82, 2.24) is 10.2 Å². The van der Waals surface area contributed by atoms with Gasteiger partial charge in [-0.05, 0) is 24.1 Å². The Hall–Kier alpha value is -3.09. The zero-order valence-electron chi connectivity index (χ0n) is 14.4. The molecule has 6 nitrogen and oxygen atoms in total. The van der Waals surface area contributed by atoms with Gasteiger partial charge in [-0.1, -0.05) is 30.3 Å². The number of ether oxygens (including phenoxy) is 1. The maximum absolute atomic E-state index is 13.4. The van der Waals surface area contributed by atoms with E-state index in [1.165, 1.54) is 19.2 Å². The number of benzene rings is 2. The highest BCUT2D eigenvalue weighted by molar-refractivity contribution is 5.95. The lowest BCUT2D eigenvalue weighted by molar-refractivity contribution is -0.129. The first kappa shape index (κ1) is 17.7. The van der Waals surface area contributed by atoms with Crippen molar-refractivity contribution in [2.24, 2.45) is 0 Å². The Morgan fingerprint density at radius 1 is 1.27 bits per heavy atom. The summed E-state index contributed by atoms with van der Waals surface area (Å²) in [7, 11) is 1.43. The number of urea groups is 1.